The summed E-state index contributed by atoms with van der Waals surface area (Å²) >= 11 is 0. The summed E-state index contributed by atoms with van der Waals surface area (Å²) in [5, 5.41) is 5.51. The molecular weight excluding hydrogens is 1270 g/mol. The zero-order valence-corrected chi connectivity index (χ0v) is 64.4. The molecule has 0 fully saturated rings. The first-order valence-corrected chi connectivity index (χ1v) is 41.3. The Morgan fingerprint density at radius 3 is 0.762 bits per heavy atom. The lowest BCUT2D eigenvalue weighted by Crippen LogP contribution is -2.25. The molecule has 2 nitrogen and oxygen atoms in total. The largest absolute Gasteiger partial charge is 0.309 e. The minimum absolute atomic E-state index is 0.0246. The van der Waals surface area contributed by atoms with E-state index >= 15 is 0 Å². The molecule has 13 rings (SSSR count). The lowest BCUT2D eigenvalue weighted by atomic mass is 9.70. The van der Waals surface area contributed by atoms with Gasteiger partial charge in [0.15, 0.2) is 0 Å². The topological polar surface area (TPSA) is 9.86 Å². The third kappa shape index (κ3) is 18.0. The van der Waals surface area contributed by atoms with Gasteiger partial charge in [0.25, 0.3) is 0 Å². The van der Waals surface area contributed by atoms with Crippen molar-refractivity contribution < 1.29 is 0 Å². The molecule has 1 aliphatic carbocycles. The molecule has 0 saturated heterocycles. The van der Waals surface area contributed by atoms with E-state index in [1.165, 1.54) is 298 Å². The van der Waals surface area contributed by atoms with Crippen molar-refractivity contribution >= 4 is 92.2 Å². The van der Waals surface area contributed by atoms with Crippen LogP contribution in [0.2, 0.25) is 0 Å². The number of fused-ring (bicyclic) bond motifs is 9. The molecule has 0 bridgehead atoms. The first-order chi connectivity index (χ1) is 51.8. The van der Waals surface area contributed by atoms with Crippen LogP contribution in [0.5, 0.6) is 0 Å². The third-order valence-corrected chi connectivity index (χ3v) is 22.9. The number of unbranched alkanes of at least 4 members (excludes halogenated alkanes) is 16. The molecule has 0 amide bonds. The fourth-order valence-corrected chi connectivity index (χ4v) is 16.8. The zero-order chi connectivity index (χ0) is 72.2. The Morgan fingerprint density at radius 1 is 0.229 bits per heavy atom. The van der Waals surface area contributed by atoms with Crippen LogP contribution in [0.3, 0.4) is 0 Å². The van der Waals surface area contributed by atoms with Crippen LogP contribution in [0.25, 0.3) is 115 Å². The Bertz CT molecular complexity index is 4850. The number of rotatable bonds is 38. The van der Waals surface area contributed by atoms with E-state index in [0.717, 1.165) is 25.7 Å². The molecule has 10 aromatic carbocycles. The molecule has 0 atom stereocenters. The van der Waals surface area contributed by atoms with Gasteiger partial charge >= 0.3 is 0 Å². The first kappa shape index (κ1) is 74.0. The van der Waals surface area contributed by atoms with Gasteiger partial charge in [-0.25, -0.2) is 0 Å². The van der Waals surface area contributed by atoms with E-state index in [0.29, 0.717) is 0 Å². The van der Waals surface area contributed by atoms with Crippen molar-refractivity contribution in [2.45, 2.75) is 227 Å². The number of hydrogen-bond acceptors (Lipinski definition) is 0. The van der Waals surface area contributed by atoms with Crippen molar-refractivity contribution in [2.24, 2.45) is 0 Å². The Kier molecular flexibility index (Phi) is 25.8. The van der Waals surface area contributed by atoms with Crippen LogP contribution in [-0.2, 0) is 31.1 Å². The highest BCUT2D eigenvalue weighted by atomic mass is 15.0. The molecule has 1 aliphatic rings. The monoisotopic (exact) mass is 1380 g/mol. The fraction of sp³-hybridized carbons (Fsp3) is 0.340. The van der Waals surface area contributed by atoms with Gasteiger partial charge in [-0.3, -0.25) is 0 Å². The molecule has 0 aliphatic heterocycles. The maximum absolute atomic E-state index is 2.56. The van der Waals surface area contributed by atoms with E-state index in [4.69, 9.17) is 0 Å². The van der Waals surface area contributed by atoms with Crippen LogP contribution in [-0.4, -0.2) is 9.13 Å². The molecule has 2 heteroatoms. The van der Waals surface area contributed by atoms with E-state index in [1.807, 2.05) is 0 Å². The molecular formula is C103H116N2. The highest BCUT2D eigenvalue weighted by Crippen LogP contribution is 2.55. The Balaban J connectivity index is 0.686. The predicted molar refractivity (Wildman–Crippen MR) is 462 cm³/mol. The molecule has 0 saturated carbocycles. The highest BCUT2D eigenvalue weighted by molar-refractivity contribution is 6.11. The van der Waals surface area contributed by atoms with Gasteiger partial charge in [0.2, 0.25) is 0 Å². The van der Waals surface area contributed by atoms with Crippen LogP contribution in [0.4, 0.5) is 0 Å². The van der Waals surface area contributed by atoms with E-state index < -0.39 is 0 Å². The summed E-state index contributed by atoms with van der Waals surface area (Å²) in [6.07, 6.45) is 53.2. The second kappa shape index (κ2) is 36.7. The normalized spacial score (nSPS) is 12.9. The summed E-state index contributed by atoms with van der Waals surface area (Å²) in [6.45, 7) is 13.9. The molecule has 0 unspecified atom stereocenters. The van der Waals surface area contributed by atoms with Gasteiger partial charge in [-0.1, -0.05) is 339 Å². The average Bonchev–Trinajstić information content (AvgIpc) is 1.57. The molecule has 105 heavy (non-hydrogen) atoms. The molecule has 2 aromatic heterocycles. The first-order valence-electron chi connectivity index (χ1n) is 41.3. The quantitative estimate of drug-likeness (QED) is 0.0270. The number of nitrogens with zero attached hydrogens (tertiary/aromatic N) is 2. The van der Waals surface area contributed by atoms with Crippen molar-refractivity contribution in [3.05, 3.63) is 284 Å². The van der Waals surface area contributed by atoms with Gasteiger partial charge in [-0.15, -0.1) is 0 Å². The number of hydrogen-bond donors (Lipinski definition) is 0. The van der Waals surface area contributed by atoms with Crippen LogP contribution in [0.15, 0.2) is 206 Å². The predicted octanol–water partition coefficient (Wildman–Crippen LogP) is 30.5. The summed E-state index contributed by atoms with van der Waals surface area (Å²) in [4.78, 5) is 0. The summed E-state index contributed by atoms with van der Waals surface area (Å²) in [5.41, 5.74) is 29.0. The Labute approximate surface area is 630 Å². The second-order valence-corrected chi connectivity index (χ2v) is 30.8. The van der Waals surface area contributed by atoms with Crippen molar-refractivity contribution in [1.82, 2.24) is 9.13 Å². The number of benzene rings is 10. The van der Waals surface area contributed by atoms with Gasteiger partial charge in [0, 0.05) is 38.3 Å². The van der Waals surface area contributed by atoms with Crippen LogP contribution >= 0.6 is 0 Å². The molecule has 12 aromatic rings. The lowest BCUT2D eigenvalue weighted by Gasteiger charge is -2.33. The summed E-state index contributed by atoms with van der Waals surface area (Å²) in [7, 11) is 0. The summed E-state index contributed by atoms with van der Waals surface area (Å²) < 4.78 is 4.96. The van der Waals surface area contributed by atoms with E-state index in [1.54, 1.807) is 0 Å². The standard InChI is InChI=1S/C103H116N2/c1-7-13-19-24-30-84-56-66-100-94(72-84)93-71-83(29-18-12-6)55-65-99(93)104(100)89-59-49-81(50-60-89)43-41-77-33-37-79(38-34-77)45-47-87-53-63-91-92-64-54-88(76-98(92)103(97(91)75-87,69-27-22-16-10-4)70-28-23-17-11-5)48-46-80-39-35-78(36-40-80)42-44-82-51-61-90(62-52-82)105-101-67-57-85(31-25-20-14-8-2)73-95(101)96-74-86(58-68-102(96)105)32-26-21-15-9-3/h33-68,71-76H,7-32,69-70H2,1-6H3/b43-41+,44-42+,47-45+,48-46+. The van der Waals surface area contributed by atoms with Crippen molar-refractivity contribution in [3.63, 3.8) is 0 Å². The summed E-state index contributed by atoms with van der Waals surface area (Å²) in [6, 6.07) is 80.0. The fourth-order valence-electron chi connectivity index (χ4n) is 16.8. The minimum atomic E-state index is -0.0246. The number of aryl methyl sites for hydroxylation is 4. The van der Waals surface area contributed by atoms with Crippen molar-refractivity contribution in [3.8, 4) is 22.5 Å². The molecule has 0 radical (unpaired) electrons. The van der Waals surface area contributed by atoms with Gasteiger partial charge in [-0.2, -0.15) is 0 Å². The van der Waals surface area contributed by atoms with Gasteiger partial charge in [0.1, 0.15) is 0 Å². The highest BCUT2D eigenvalue weighted by Gasteiger charge is 2.42. The zero-order valence-electron chi connectivity index (χ0n) is 64.4. The van der Waals surface area contributed by atoms with E-state index in [9.17, 15) is 0 Å². The van der Waals surface area contributed by atoms with Crippen LogP contribution in [0, 0.1) is 0 Å². The SMILES string of the molecule is CCCCCCc1ccc2c(c1)c1cc(CCCC)ccc1n2-c1ccc(/C=C/c2ccc(/C=C/c3ccc4c(c3)C(CCCCCC)(CCCCCC)c3cc(/C=C/c5ccc(/C=C/c6ccc(-n7c8ccc(CCCCCC)cc8c8cc(CCCCCC)ccc87)cc6)cc5)ccc3-4)cc2)cc1. The Hall–Kier alpha value is -9.24. The van der Waals surface area contributed by atoms with Crippen LogP contribution in [0.1, 0.15) is 274 Å². The van der Waals surface area contributed by atoms with E-state index in [-0.39, 0.29) is 5.41 Å². The van der Waals surface area contributed by atoms with Gasteiger partial charge < -0.3 is 9.13 Å². The minimum Gasteiger partial charge on any atom is -0.309 e. The van der Waals surface area contributed by atoms with Gasteiger partial charge in [-0.05, 0) is 226 Å². The maximum Gasteiger partial charge on any atom is 0.0541 e. The molecule has 2 heterocycles. The average molecular weight is 1380 g/mol. The maximum atomic E-state index is 2.56. The summed E-state index contributed by atoms with van der Waals surface area (Å²) in [5.74, 6) is 0. The van der Waals surface area contributed by atoms with Crippen molar-refractivity contribution in [2.75, 3.05) is 0 Å². The molecule has 0 spiro atoms. The third-order valence-electron chi connectivity index (χ3n) is 22.9. The lowest BCUT2D eigenvalue weighted by molar-refractivity contribution is 0.401. The van der Waals surface area contributed by atoms with Gasteiger partial charge in [0.05, 0.1) is 22.1 Å². The van der Waals surface area contributed by atoms with Crippen LogP contribution < -0.4 is 0 Å². The Morgan fingerprint density at radius 2 is 0.476 bits per heavy atom. The second-order valence-electron chi connectivity index (χ2n) is 30.8. The molecule has 0 N–H and O–H groups in total. The van der Waals surface area contributed by atoms with E-state index in [2.05, 4.69) is 306 Å². The smallest absolute Gasteiger partial charge is 0.0541 e. The number of aromatic nitrogens is 2. The molecule has 538 valence electrons. The van der Waals surface area contributed by atoms with Crippen molar-refractivity contribution in [1.29, 1.82) is 0 Å².